The number of benzene rings is 2. The van der Waals surface area contributed by atoms with E-state index in [1.54, 1.807) is 31.2 Å². The first-order chi connectivity index (χ1) is 11.0. The molecule has 1 amide bonds. The minimum atomic E-state index is -0.289. The molecule has 1 N–H and O–H groups in total. The SMILES string of the molecule is C/C(=C\c1ccccc1)C(=O)/C=C1/C(=O)Nc2ccc(Cl)cc21. The van der Waals surface area contributed by atoms with Gasteiger partial charge in [-0.15, -0.1) is 0 Å². The standard InChI is InChI=1S/C19H14ClNO2/c1-12(9-13-5-3-2-4-6-13)18(22)11-16-15-10-14(20)7-8-17(15)21-19(16)23/h2-11H,1H3,(H,21,23)/b12-9+,16-11+. The highest BCUT2D eigenvalue weighted by molar-refractivity contribution is 6.36. The number of rotatable bonds is 3. The highest BCUT2D eigenvalue weighted by Gasteiger charge is 2.25. The second-order valence-corrected chi connectivity index (χ2v) is 5.74. The average Bonchev–Trinajstić information content (AvgIpc) is 2.84. The molecule has 2 aromatic rings. The van der Waals surface area contributed by atoms with E-state index >= 15 is 0 Å². The van der Waals surface area contributed by atoms with E-state index in [-0.39, 0.29) is 11.7 Å². The number of anilines is 1. The number of fused-ring (bicyclic) bond motifs is 1. The van der Waals surface area contributed by atoms with Crippen LogP contribution < -0.4 is 5.32 Å². The fourth-order valence-corrected chi connectivity index (χ4v) is 2.59. The van der Waals surface area contributed by atoms with Gasteiger partial charge >= 0.3 is 0 Å². The summed E-state index contributed by atoms with van der Waals surface area (Å²) >= 11 is 5.98. The lowest BCUT2D eigenvalue weighted by molar-refractivity contribution is -0.112. The van der Waals surface area contributed by atoms with E-state index in [4.69, 9.17) is 11.6 Å². The van der Waals surface area contributed by atoms with Gasteiger partial charge in [-0.3, -0.25) is 9.59 Å². The van der Waals surface area contributed by atoms with Crippen molar-refractivity contribution in [3.63, 3.8) is 0 Å². The summed E-state index contributed by atoms with van der Waals surface area (Å²) in [6.45, 7) is 1.73. The Morgan fingerprint density at radius 3 is 2.61 bits per heavy atom. The van der Waals surface area contributed by atoms with Crippen LogP contribution in [0.4, 0.5) is 5.69 Å². The van der Waals surface area contributed by atoms with Gasteiger partial charge in [-0.05, 0) is 48.4 Å². The molecule has 0 saturated heterocycles. The van der Waals surface area contributed by atoms with Crippen molar-refractivity contribution in [2.75, 3.05) is 5.32 Å². The second kappa shape index (κ2) is 6.23. The van der Waals surface area contributed by atoms with Crippen LogP contribution >= 0.6 is 11.6 Å². The monoisotopic (exact) mass is 323 g/mol. The molecule has 1 aliphatic rings. The zero-order chi connectivity index (χ0) is 16.4. The molecule has 0 bridgehead atoms. The van der Waals surface area contributed by atoms with Crippen LogP contribution in [-0.2, 0) is 9.59 Å². The molecule has 1 heterocycles. The quantitative estimate of drug-likeness (QED) is 0.854. The first-order valence-corrected chi connectivity index (χ1v) is 7.53. The number of ketones is 1. The van der Waals surface area contributed by atoms with E-state index in [9.17, 15) is 9.59 Å². The molecule has 3 nitrogen and oxygen atoms in total. The third kappa shape index (κ3) is 3.25. The molecule has 114 valence electrons. The van der Waals surface area contributed by atoms with Gasteiger partial charge in [-0.1, -0.05) is 41.9 Å². The molecule has 23 heavy (non-hydrogen) atoms. The van der Waals surface area contributed by atoms with Crippen molar-refractivity contribution in [3.8, 4) is 0 Å². The molecule has 0 atom stereocenters. The number of hydrogen-bond donors (Lipinski definition) is 1. The van der Waals surface area contributed by atoms with Gasteiger partial charge in [0.15, 0.2) is 5.78 Å². The molecular formula is C19H14ClNO2. The number of hydrogen-bond acceptors (Lipinski definition) is 2. The van der Waals surface area contributed by atoms with Gasteiger partial charge in [0, 0.05) is 16.3 Å². The first kappa shape index (κ1) is 15.3. The molecule has 0 aromatic heterocycles. The smallest absolute Gasteiger partial charge is 0.256 e. The summed E-state index contributed by atoms with van der Waals surface area (Å²) < 4.78 is 0. The normalized spacial score (nSPS) is 15.5. The van der Waals surface area contributed by atoms with E-state index < -0.39 is 0 Å². The van der Waals surface area contributed by atoms with Crippen LogP contribution in [0.25, 0.3) is 11.6 Å². The van der Waals surface area contributed by atoms with Crippen LogP contribution in [0.1, 0.15) is 18.1 Å². The highest BCUT2D eigenvalue weighted by Crippen LogP contribution is 2.33. The number of carbonyl (C=O) groups is 2. The van der Waals surface area contributed by atoms with Crippen LogP contribution in [0.15, 0.2) is 60.2 Å². The Bertz CT molecular complexity index is 851. The minimum Gasteiger partial charge on any atom is -0.321 e. The number of amides is 1. The fourth-order valence-electron chi connectivity index (χ4n) is 2.42. The molecule has 0 radical (unpaired) electrons. The van der Waals surface area contributed by atoms with Gasteiger partial charge in [-0.25, -0.2) is 0 Å². The number of nitrogens with one attached hydrogen (secondary N) is 1. The number of allylic oxidation sites excluding steroid dienone is 2. The zero-order valence-electron chi connectivity index (χ0n) is 12.5. The summed E-state index contributed by atoms with van der Waals surface area (Å²) in [6.07, 6.45) is 3.16. The molecule has 0 fully saturated rings. The van der Waals surface area contributed by atoms with Crippen LogP contribution in [0.2, 0.25) is 5.02 Å². The van der Waals surface area contributed by atoms with Gasteiger partial charge < -0.3 is 5.32 Å². The molecule has 0 spiro atoms. The summed E-state index contributed by atoms with van der Waals surface area (Å²) in [4.78, 5) is 24.5. The number of halogens is 1. The Morgan fingerprint density at radius 1 is 1.13 bits per heavy atom. The Labute approximate surface area is 139 Å². The minimum absolute atomic E-state index is 0.202. The Hall–Kier alpha value is -2.65. The Kier molecular flexibility index (Phi) is 4.13. The van der Waals surface area contributed by atoms with Crippen LogP contribution in [0.3, 0.4) is 0 Å². The zero-order valence-corrected chi connectivity index (χ0v) is 13.2. The Morgan fingerprint density at radius 2 is 1.87 bits per heavy atom. The predicted octanol–water partition coefficient (Wildman–Crippen LogP) is 4.35. The summed E-state index contributed by atoms with van der Waals surface area (Å²) in [5.74, 6) is -0.491. The first-order valence-electron chi connectivity index (χ1n) is 7.15. The van der Waals surface area contributed by atoms with Gasteiger partial charge in [0.1, 0.15) is 0 Å². The van der Waals surface area contributed by atoms with Crippen molar-refractivity contribution in [3.05, 3.63) is 76.3 Å². The number of carbonyl (C=O) groups excluding carboxylic acids is 2. The lowest BCUT2D eigenvalue weighted by Gasteiger charge is -2.00. The van der Waals surface area contributed by atoms with Gasteiger partial charge in [-0.2, -0.15) is 0 Å². The molecule has 0 unspecified atom stereocenters. The third-order valence-electron chi connectivity index (χ3n) is 3.61. The van der Waals surface area contributed by atoms with Crippen LogP contribution in [-0.4, -0.2) is 11.7 Å². The Balaban J connectivity index is 1.93. The lowest BCUT2D eigenvalue weighted by Crippen LogP contribution is -2.06. The van der Waals surface area contributed by atoms with E-state index in [2.05, 4.69) is 5.32 Å². The van der Waals surface area contributed by atoms with E-state index in [0.717, 1.165) is 5.56 Å². The van der Waals surface area contributed by atoms with Gasteiger partial charge in [0.25, 0.3) is 5.91 Å². The van der Waals surface area contributed by atoms with E-state index in [0.29, 0.717) is 27.4 Å². The molecule has 0 saturated carbocycles. The topological polar surface area (TPSA) is 46.2 Å². The molecule has 4 heteroatoms. The maximum absolute atomic E-state index is 12.4. The van der Waals surface area contributed by atoms with Crippen molar-refractivity contribution in [2.24, 2.45) is 0 Å². The maximum Gasteiger partial charge on any atom is 0.256 e. The van der Waals surface area contributed by atoms with Crippen LogP contribution in [0.5, 0.6) is 0 Å². The van der Waals surface area contributed by atoms with Crippen LogP contribution in [0, 0.1) is 0 Å². The molecule has 0 aliphatic carbocycles. The van der Waals surface area contributed by atoms with Crippen molar-refractivity contribution in [1.82, 2.24) is 0 Å². The third-order valence-corrected chi connectivity index (χ3v) is 3.85. The summed E-state index contributed by atoms with van der Waals surface area (Å²) in [6, 6.07) is 14.7. The molecule has 3 rings (SSSR count). The van der Waals surface area contributed by atoms with E-state index in [1.807, 2.05) is 30.3 Å². The average molecular weight is 324 g/mol. The van der Waals surface area contributed by atoms with Crippen molar-refractivity contribution in [2.45, 2.75) is 6.92 Å². The fraction of sp³-hybridized carbons (Fsp3) is 0.0526. The summed E-state index contributed by atoms with van der Waals surface area (Å²) in [5.41, 5.74) is 3.17. The molecule has 1 aliphatic heterocycles. The largest absolute Gasteiger partial charge is 0.321 e. The second-order valence-electron chi connectivity index (χ2n) is 5.30. The summed E-state index contributed by atoms with van der Waals surface area (Å²) in [5, 5.41) is 3.25. The van der Waals surface area contributed by atoms with Crippen molar-refractivity contribution < 1.29 is 9.59 Å². The van der Waals surface area contributed by atoms with Gasteiger partial charge in [0.2, 0.25) is 0 Å². The molecular weight excluding hydrogens is 310 g/mol. The summed E-state index contributed by atoms with van der Waals surface area (Å²) in [7, 11) is 0. The van der Waals surface area contributed by atoms with Gasteiger partial charge in [0.05, 0.1) is 5.57 Å². The van der Waals surface area contributed by atoms with Crippen molar-refractivity contribution >= 4 is 40.6 Å². The van der Waals surface area contributed by atoms with Crippen molar-refractivity contribution in [1.29, 1.82) is 0 Å². The maximum atomic E-state index is 12.4. The highest BCUT2D eigenvalue weighted by atomic mass is 35.5. The lowest BCUT2D eigenvalue weighted by atomic mass is 10.0. The predicted molar refractivity (Wildman–Crippen MR) is 93.2 cm³/mol. The van der Waals surface area contributed by atoms with E-state index in [1.165, 1.54) is 6.08 Å². The molecule has 2 aromatic carbocycles.